The number of benzene rings is 1. The van der Waals surface area contributed by atoms with Gasteiger partial charge in [0.1, 0.15) is 5.82 Å². The molecule has 0 spiro atoms. The molecule has 1 unspecified atom stereocenters. The molecule has 112 valence electrons. The van der Waals surface area contributed by atoms with Gasteiger partial charge in [0.2, 0.25) is 0 Å². The van der Waals surface area contributed by atoms with Gasteiger partial charge in [-0.2, -0.15) is 0 Å². The lowest BCUT2D eigenvalue weighted by molar-refractivity contribution is 0.610. The van der Waals surface area contributed by atoms with E-state index >= 15 is 0 Å². The van der Waals surface area contributed by atoms with Crippen molar-refractivity contribution in [2.75, 3.05) is 0 Å². The normalized spacial score (nSPS) is 16.3. The van der Waals surface area contributed by atoms with Crippen molar-refractivity contribution in [1.29, 1.82) is 0 Å². The molecule has 4 heteroatoms. The van der Waals surface area contributed by atoms with Gasteiger partial charge in [-0.25, -0.2) is 9.82 Å². The molecular formula is C17H21FN2S. The first-order valence-corrected chi connectivity index (χ1v) is 8.34. The number of aryl methyl sites for hydroxylation is 3. The molecule has 1 heterocycles. The maximum atomic E-state index is 13.5. The molecule has 0 fully saturated rings. The highest BCUT2D eigenvalue weighted by Gasteiger charge is 2.19. The second-order valence-electron chi connectivity index (χ2n) is 5.77. The minimum Gasteiger partial charge on any atom is -0.271 e. The summed E-state index contributed by atoms with van der Waals surface area (Å²) in [7, 11) is 0. The first kappa shape index (κ1) is 14.7. The predicted octanol–water partition coefficient (Wildman–Crippen LogP) is 4.02. The summed E-state index contributed by atoms with van der Waals surface area (Å²) in [5.41, 5.74) is 6.05. The highest BCUT2D eigenvalue weighted by Crippen LogP contribution is 2.34. The van der Waals surface area contributed by atoms with E-state index in [2.05, 4.69) is 11.5 Å². The highest BCUT2D eigenvalue weighted by atomic mass is 32.1. The van der Waals surface area contributed by atoms with Gasteiger partial charge in [-0.1, -0.05) is 18.6 Å². The molecule has 1 aliphatic rings. The average molecular weight is 304 g/mol. The maximum Gasteiger partial charge on any atom is 0.126 e. The quantitative estimate of drug-likeness (QED) is 0.511. The Morgan fingerprint density at radius 1 is 1.19 bits per heavy atom. The summed E-state index contributed by atoms with van der Waals surface area (Å²) in [6, 6.07) is 7.45. The van der Waals surface area contributed by atoms with Crippen molar-refractivity contribution in [3.8, 4) is 0 Å². The van der Waals surface area contributed by atoms with E-state index in [1.807, 2.05) is 23.5 Å². The zero-order valence-electron chi connectivity index (χ0n) is 12.3. The van der Waals surface area contributed by atoms with Crippen LogP contribution in [0.25, 0.3) is 0 Å². The van der Waals surface area contributed by atoms with Crippen molar-refractivity contribution >= 4 is 11.3 Å². The lowest BCUT2D eigenvalue weighted by Gasteiger charge is -2.15. The van der Waals surface area contributed by atoms with Crippen molar-refractivity contribution in [3.05, 3.63) is 56.5 Å². The summed E-state index contributed by atoms with van der Waals surface area (Å²) < 4.78 is 13.5. The second kappa shape index (κ2) is 6.26. The Hall–Kier alpha value is -1.23. The van der Waals surface area contributed by atoms with Crippen LogP contribution in [0.15, 0.2) is 24.3 Å². The monoisotopic (exact) mass is 304 g/mol. The Balaban J connectivity index is 1.94. The molecule has 0 aliphatic heterocycles. The van der Waals surface area contributed by atoms with Crippen molar-refractivity contribution < 1.29 is 4.39 Å². The lowest BCUT2D eigenvalue weighted by Crippen LogP contribution is -2.28. The molecule has 0 saturated carbocycles. The third-order valence-corrected chi connectivity index (χ3v) is 5.53. The van der Waals surface area contributed by atoms with Gasteiger partial charge < -0.3 is 0 Å². The Labute approximate surface area is 129 Å². The summed E-state index contributed by atoms with van der Waals surface area (Å²) in [6.45, 7) is 1.79. The van der Waals surface area contributed by atoms with Crippen LogP contribution >= 0.6 is 11.3 Å². The Bertz CT molecular complexity index is 612. The fourth-order valence-electron chi connectivity index (χ4n) is 3.02. The van der Waals surface area contributed by atoms with Crippen LogP contribution in [0.1, 0.15) is 51.7 Å². The molecule has 0 radical (unpaired) electrons. The van der Waals surface area contributed by atoms with Crippen LogP contribution in [0.5, 0.6) is 0 Å². The number of nitrogens with one attached hydrogen (secondary N) is 1. The summed E-state index contributed by atoms with van der Waals surface area (Å²) in [6.07, 6.45) is 6.24. The standard InChI is InChI=1S/C17H21FN2S/c1-11-9-13(7-8-14(11)18)17(20-19)16-10-12-5-3-2-4-6-15(12)21-16/h7-10,17,20H,2-6,19H2,1H3. The van der Waals surface area contributed by atoms with E-state index < -0.39 is 0 Å². The largest absolute Gasteiger partial charge is 0.271 e. The van der Waals surface area contributed by atoms with Crippen LogP contribution in [0.2, 0.25) is 0 Å². The summed E-state index contributed by atoms with van der Waals surface area (Å²) >= 11 is 1.85. The van der Waals surface area contributed by atoms with Crippen LogP contribution < -0.4 is 11.3 Å². The molecule has 0 saturated heterocycles. The minimum absolute atomic E-state index is 0.0544. The number of hydrogen-bond acceptors (Lipinski definition) is 3. The number of hydrazine groups is 1. The summed E-state index contributed by atoms with van der Waals surface area (Å²) in [5.74, 6) is 5.61. The number of hydrogen-bond donors (Lipinski definition) is 2. The first-order chi connectivity index (χ1) is 10.2. The molecular weight excluding hydrogens is 283 g/mol. The van der Waals surface area contributed by atoms with Crippen LogP contribution in [-0.4, -0.2) is 0 Å². The maximum absolute atomic E-state index is 13.5. The molecule has 1 aromatic heterocycles. The molecule has 21 heavy (non-hydrogen) atoms. The Morgan fingerprint density at radius 2 is 2.00 bits per heavy atom. The SMILES string of the molecule is Cc1cc(C(NN)c2cc3c(s2)CCCCC3)ccc1F. The van der Waals surface area contributed by atoms with Gasteiger partial charge in [-0.3, -0.25) is 5.84 Å². The third-order valence-electron chi connectivity index (χ3n) is 4.23. The fourth-order valence-corrected chi connectivity index (χ4v) is 4.37. The topological polar surface area (TPSA) is 38.0 Å². The smallest absolute Gasteiger partial charge is 0.126 e. The Morgan fingerprint density at radius 3 is 2.76 bits per heavy atom. The molecule has 1 atom stereocenters. The molecule has 2 aromatic rings. The van der Waals surface area contributed by atoms with E-state index in [0.29, 0.717) is 5.56 Å². The first-order valence-electron chi connectivity index (χ1n) is 7.52. The number of thiophene rings is 1. The molecule has 1 aromatic carbocycles. The van der Waals surface area contributed by atoms with E-state index in [-0.39, 0.29) is 11.9 Å². The average Bonchev–Trinajstić information content (AvgIpc) is 2.74. The van der Waals surface area contributed by atoms with Gasteiger partial charge in [0.25, 0.3) is 0 Å². The molecule has 2 nitrogen and oxygen atoms in total. The van der Waals surface area contributed by atoms with Gasteiger partial charge in [0.15, 0.2) is 0 Å². The van der Waals surface area contributed by atoms with E-state index in [9.17, 15) is 4.39 Å². The van der Waals surface area contributed by atoms with Crippen molar-refractivity contribution in [2.45, 2.75) is 45.1 Å². The van der Waals surface area contributed by atoms with E-state index in [4.69, 9.17) is 5.84 Å². The zero-order valence-corrected chi connectivity index (χ0v) is 13.1. The number of rotatable bonds is 3. The van der Waals surface area contributed by atoms with Gasteiger partial charge in [-0.15, -0.1) is 11.3 Å². The fraction of sp³-hybridized carbons (Fsp3) is 0.412. The molecule has 0 amide bonds. The van der Waals surface area contributed by atoms with Gasteiger partial charge >= 0.3 is 0 Å². The predicted molar refractivity (Wildman–Crippen MR) is 85.9 cm³/mol. The zero-order chi connectivity index (χ0) is 14.8. The molecule has 3 N–H and O–H groups in total. The van der Waals surface area contributed by atoms with E-state index in [0.717, 1.165) is 5.56 Å². The van der Waals surface area contributed by atoms with Crippen molar-refractivity contribution in [1.82, 2.24) is 5.43 Å². The van der Waals surface area contributed by atoms with Gasteiger partial charge in [0.05, 0.1) is 6.04 Å². The second-order valence-corrected chi connectivity index (χ2v) is 6.93. The van der Waals surface area contributed by atoms with Crippen LogP contribution in [0, 0.1) is 12.7 Å². The number of halogens is 1. The van der Waals surface area contributed by atoms with E-state index in [1.165, 1.54) is 53.5 Å². The lowest BCUT2D eigenvalue weighted by atomic mass is 10.0. The van der Waals surface area contributed by atoms with Crippen LogP contribution in [0.4, 0.5) is 4.39 Å². The Kier molecular flexibility index (Phi) is 4.38. The summed E-state index contributed by atoms with van der Waals surface area (Å²) in [4.78, 5) is 2.73. The van der Waals surface area contributed by atoms with E-state index in [1.54, 1.807) is 6.92 Å². The number of fused-ring (bicyclic) bond motifs is 1. The molecule has 0 bridgehead atoms. The van der Waals surface area contributed by atoms with Gasteiger partial charge in [-0.05, 0) is 61.4 Å². The van der Waals surface area contributed by atoms with Crippen molar-refractivity contribution in [3.63, 3.8) is 0 Å². The van der Waals surface area contributed by atoms with Crippen molar-refractivity contribution in [2.24, 2.45) is 5.84 Å². The van der Waals surface area contributed by atoms with Crippen LogP contribution in [0.3, 0.4) is 0 Å². The third kappa shape index (κ3) is 3.03. The summed E-state index contributed by atoms with van der Waals surface area (Å²) in [5, 5.41) is 0. The van der Waals surface area contributed by atoms with Crippen LogP contribution in [-0.2, 0) is 12.8 Å². The number of nitrogens with two attached hydrogens (primary N) is 1. The minimum atomic E-state index is -0.170. The molecule has 1 aliphatic carbocycles. The van der Waals surface area contributed by atoms with Gasteiger partial charge in [0, 0.05) is 9.75 Å². The highest BCUT2D eigenvalue weighted by molar-refractivity contribution is 7.12. The molecule has 3 rings (SSSR count).